The molecule has 16 heavy (non-hydrogen) atoms. The Morgan fingerprint density at radius 2 is 1.88 bits per heavy atom. The van der Waals surface area contributed by atoms with E-state index in [1.807, 2.05) is 0 Å². The number of nitrogens with one attached hydrogen (secondary N) is 1. The van der Waals surface area contributed by atoms with Crippen molar-refractivity contribution >= 4 is 28.7 Å². The lowest BCUT2D eigenvalue weighted by Crippen LogP contribution is -2.36. The zero-order valence-electron chi connectivity index (χ0n) is 9.32. The van der Waals surface area contributed by atoms with Crippen LogP contribution < -0.4 is 5.32 Å². The summed E-state index contributed by atoms with van der Waals surface area (Å²) in [7, 11) is 0. The third-order valence-corrected chi connectivity index (χ3v) is 2.20. The number of hydrogen-bond donors (Lipinski definition) is 1. The first-order valence-electron chi connectivity index (χ1n) is 4.67. The lowest BCUT2D eigenvalue weighted by molar-refractivity contribution is -0.133. The molecule has 0 rings (SSSR count). The summed E-state index contributed by atoms with van der Waals surface area (Å²) in [5, 5.41) is 2.29. The topological polar surface area (TPSA) is 38.3 Å². The molecule has 1 atom stereocenters. The summed E-state index contributed by atoms with van der Waals surface area (Å²) in [6.45, 7) is 4.99. The molecule has 0 radical (unpaired) electrons. The van der Waals surface area contributed by atoms with Gasteiger partial charge in [0.25, 0.3) is 0 Å². The van der Waals surface area contributed by atoms with Crippen molar-refractivity contribution in [3.8, 4) is 0 Å². The summed E-state index contributed by atoms with van der Waals surface area (Å²) < 4.78 is 40.1. The molecule has 3 nitrogen and oxygen atoms in total. The van der Waals surface area contributed by atoms with Gasteiger partial charge in [-0.3, -0.25) is 0 Å². The van der Waals surface area contributed by atoms with E-state index in [-0.39, 0.29) is 6.54 Å². The fourth-order valence-corrected chi connectivity index (χ4v) is 1.55. The van der Waals surface area contributed by atoms with E-state index in [2.05, 4.69) is 5.32 Å². The number of amides is 1. The summed E-state index contributed by atoms with van der Waals surface area (Å²) in [5.74, 6) is 0. The van der Waals surface area contributed by atoms with Crippen LogP contribution in [0.4, 0.5) is 18.0 Å². The van der Waals surface area contributed by atoms with Gasteiger partial charge in [-0.25, -0.2) is 4.79 Å². The van der Waals surface area contributed by atoms with E-state index in [1.165, 1.54) is 0 Å². The van der Waals surface area contributed by atoms with Crippen LogP contribution in [-0.4, -0.2) is 28.3 Å². The fourth-order valence-electron chi connectivity index (χ4n) is 0.832. The largest absolute Gasteiger partial charge is 0.444 e. The molecule has 0 saturated carbocycles. The number of rotatable bonds is 3. The van der Waals surface area contributed by atoms with Crippen LogP contribution >= 0.6 is 22.6 Å². The molecule has 96 valence electrons. The molecule has 0 aliphatic rings. The fraction of sp³-hybridized carbons (Fsp3) is 0.889. The van der Waals surface area contributed by atoms with E-state index in [0.717, 1.165) is 0 Å². The first-order valence-corrected chi connectivity index (χ1v) is 5.92. The SMILES string of the molecule is CC(C)(C)OC(=O)NCC(I)CC(F)(F)F. The third kappa shape index (κ3) is 10.3. The molecular weight excluding hydrogens is 338 g/mol. The van der Waals surface area contributed by atoms with Crippen molar-refractivity contribution in [1.29, 1.82) is 0 Å². The van der Waals surface area contributed by atoms with E-state index in [1.54, 1.807) is 43.4 Å². The van der Waals surface area contributed by atoms with Crippen molar-refractivity contribution in [1.82, 2.24) is 5.32 Å². The predicted molar refractivity (Wildman–Crippen MR) is 62.7 cm³/mol. The smallest absolute Gasteiger partial charge is 0.407 e. The maximum absolute atomic E-state index is 12.0. The molecule has 7 heteroatoms. The predicted octanol–water partition coefficient (Wildman–Crippen LogP) is 3.27. The van der Waals surface area contributed by atoms with Crippen molar-refractivity contribution in [2.45, 2.75) is 42.9 Å². The number of hydrogen-bond acceptors (Lipinski definition) is 2. The summed E-state index contributed by atoms with van der Waals surface area (Å²) in [6.07, 6.45) is -5.83. The second kappa shape index (κ2) is 5.92. The molecule has 0 bridgehead atoms. The highest BCUT2D eigenvalue weighted by Crippen LogP contribution is 2.24. The van der Waals surface area contributed by atoms with Crippen molar-refractivity contribution in [3.63, 3.8) is 0 Å². The summed E-state index contributed by atoms with van der Waals surface area (Å²) in [4.78, 5) is 11.1. The van der Waals surface area contributed by atoms with Gasteiger partial charge in [-0.15, -0.1) is 0 Å². The van der Waals surface area contributed by atoms with Gasteiger partial charge in [-0.2, -0.15) is 13.2 Å². The van der Waals surface area contributed by atoms with Gasteiger partial charge in [-0.1, -0.05) is 22.6 Å². The summed E-state index contributed by atoms with van der Waals surface area (Å²) in [6, 6.07) is 0. The number of halogens is 4. The number of alkyl halides is 4. The van der Waals surface area contributed by atoms with E-state index >= 15 is 0 Å². The van der Waals surface area contributed by atoms with Crippen LogP contribution in [0.2, 0.25) is 0 Å². The molecule has 1 unspecified atom stereocenters. The Morgan fingerprint density at radius 1 is 1.38 bits per heavy atom. The zero-order valence-corrected chi connectivity index (χ0v) is 11.5. The Balaban J connectivity index is 3.85. The van der Waals surface area contributed by atoms with Crippen molar-refractivity contribution in [3.05, 3.63) is 0 Å². The first kappa shape index (κ1) is 15.8. The first-order chi connectivity index (χ1) is 6.99. The molecule has 0 aliphatic heterocycles. The molecule has 1 amide bonds. The minimum absolute atomic E-state index is 0.0605. The van der Waals surface area contributed by atoms with Crippen molar-refractivity contribution < 1.29 is 22.7 Å². The van der Waals surface area contributed by atoms with Crippen molar-refractivity contribution in [2.24, 2.45) is 0 Å². The molecule has 0 aromatic rings. The van der Waals surface area contributed by atoms with E-state index in [0.29, 0.717) is 0 Å². The number of carbonyl (C=O) groups excluding carboxylic acids is 1. The van der Waals surface area contributed by atoms with Crippen LogP contribution in [0, 0.1) is 0 Å². The van der Waals surface area contributed by atoms with Crippen LogP contribution in [0.5, 0.6) is 0 Å². The van der Waals surface area contributed by atoms with Crippen LogP contribution in [-0.2, 0) is 4.74 Å². The normalized spacial score (nSPS) is 14.4. The quantitative estimate of drug-likeness (QED) is 0.625. The summed E-state index contributed by atoms with van der Waals surface area (Å²) in [5.41, 5.74) is -0.644. The molecule has 0 spiro atoms. The van der Waals surface area contributed by atoms with Crippen molar-refractivity contribution in [2.75, 3.05) is 6.54 Å². The maximum atomic E-state index is 12.0. The Kier molecular flexibility index (Phi) is 5.85. The molecule has 0 aromatic heterocycles. The van der Waals surface area contributed by atoms with Crippen LogP contribution in [0.1, 0.15) is 27.2 Å². The van der Waals surface area contributed by atoms with E-state index < -0.39 is 28.2 Å². The van der Waals surface area contributed by atoms with Crippen LogP contribution in [0.25, 0.3) is 0 Å². The molecule has 0 heterocycles. The van der Waals surface area contributed by atoms with Gasteiger partial charge in [0.2, 0.25) is 0 Å². The van der Waals surface area contributed by atoms with Gasteiger partial charge >= 0.3 is 12.3 Å². The molecule has 0 aromatic carbocycles. The highest BCUT2D eigenvalue weighted by atomic mass is 127. The molecule has 1 N–H and O–H groups in total. The standard InChI is InChI=1S/C9H15F3INO2/c1-8(2,3)16-7(15)14-5-6(13)4-9(10,11)12/h6H,4-5H2,1-3H3,(H,14,15). The molecular formula is C9H15F3INO2. The van der Waals surface area contributed by atoms with Gasteiger partial charge in [-0.05, 0) is 20.8 Å². The minimum atomic E-state index is -4.21. The Labute approximate surface area is 106 Å². The number of ether oxygens (including phenoxy) is 1. The Hall–Kier alpha value is -0.210. The lowest BCUT2D eigenvalue weighted by atomic mass is 10.2. The minimum Gasteiger partial charge on any atom is -0.444 e. The second-order valence-electron chi connectivity index (χ2n) is 4.30. The van der Waals surface area contributed by atoms with Gasteiger partial charge in [0.1, 0.15) is 5.60 Å². The van der Waals surface area contributed by atoms with E-state index in [9.17, 15) is 18.0 Å². The molecule has 0 aliphatic carbocycles. The van der Waals surface area contributed by atoms with Crippen LogP contribution in [0.3, 0.4) is 0 Å². The highest BCUT2D eigenvalue weighted by molar-refractivity contribution is 14.1. The van der Waals surface area contributed by atoms with E-state index in [4.69, 9.17) is 4.74 Å². The average molecular weight is 353 g/mol. The lowest BCUT2D eigenvalue weighted by Gasteiger charge is -2.20. The number of carbonyl (C=O) groups is 1. The monoisotopic (exact) mass is 353 g/mol. The van der Waals surface area contributed by atoms with Gasteiger partial charge in [0.15, 0.2) is 0 Å². The Morgan fingerprint density at radius 3 is 2.25 bits per heavy atom. The highest BCUT2D eigenvalue weighted by Gasteiger charge is 2.31. The third-order valence-electron chi connectivity index (χ3n) is 1.32. The summed E-state index contributed by atoms with van der Waals surface area (Å²) >= 11 is 1.65. The van der Waals surface area contributed by atoms with Gasteiger partial charge in [0.05, 0.1) is 6.42 Å². The molecule has 0 fully saturated rings. The Bertz CT molecular complexity index is 238. The number of alkyl carbamates (subject to hydrolysis) is 1. The van der Waals surface area contributed by atoms with Gasteiger partial charge < -0.3 is 10.1 Å². The average Bonchev–Trinajstić information content (AvgIpc) is 1.94. The second-order valence-corrected chi connectivity index (χ2v) is 6.06. The molecule has 0 saturated heterocycles. The van der Waals surface area contributed by atoms with Crippen LogP contribution in [0.15, 0.2) is 0 Å². The van der Waals surface area contributed by atoms with Gasteiger partial charge in [0, 0.05) is 10.5 Å². The zero-order chi connectivity index (χ0) is 13.0. The maximum Gasteiger partial charge on any atom is 0.407 e.